The van der Waals surface area contributed by atoms with Gasteiger partial charge in [0.1, 0.15) is 12.9 Å². The molecule has 3 aliphatic carbocycles. The van der Waals surface area contributed by atoms with E-state index in [1.54, 1.807) is 12.7 Å². The molecule has 47 heavy (non-hydrogen) atoms. The van der Waals surface area contributed by atoms with Crippen molar-refractivity contribution in [3.8, 4) is 0 Å². The zero-order chi connectivity index (χ0) is 35.6. The van der Waals surface area contributed by atoms with E-state index in [0.29, 0.717) is 30.0 Å². The molecular weight excluding hydrogens is 617 g/mol. The van der Waals surface area contributed by atoms with Crippen molar-refractivity contribution >= 4 is 16.6 Å². The highest BCUT2D eigenvalue weighted by molar-refractivity contribution is 6.74. The van der Waals surface area contributed by atoms with Crippen molar-refractivity contribution in [2.45, 2.75) is 181 Å². The summed E-state index contributed by atoms with van der Waals surface area (Å²) < 4.78 is 24.9. The monoisotopic (exact) mass is 691 g/mol. The molecule has 5 nitrogen and oxygen atoms in total. The van der Waals surface area contributed by atoms with Crippen molar-refractivity contribution in [3.05, 3.63) is 35.5 Å². The van der Waals surface area contributed by atoms with Crippen LogP contribution in [0.5, 0.6) is 0 Å². The van der Waals surface area contributed by atoms with E-state index in [1.165, 1.54) is 37.7 Å². The largest absolute Gasteiger partial charge is 0.411 e. The van der Waals surface area contributed by atoms with Crippen molar-refractivity contribution in [1.29, 1.82) is 0 Å². The van der Waals surface area contributed by atoms with Crippen LogP contribution in [0, 0.1) is 23.2 Å². The molecule has 0 amide bonds. The molecule has 0 aromatic carbocycles. The van der Waals surface area contributed by atoms with Crippen LogP contribution in [0.15, 0.2) is 35.5 Å². The van der Waals surface area contributed by atoms with Crippen LogP contribution in [-0.2, 0) is 18.3 Å². The van der Waals surface area contributed by atoms with Gasteiger partial charge in [-0.2, -0.15) is 0 Å². The second-order valence-electron chi connectivity index (χ2n) is 19.2. The first-order valence-corrected chi connectivity index (χ1v) is 24.5. The van der Waals surface area contributed by atoms with Crippen molar-refractivity contribution in [3.63, 3.8) is 0 Å². The Morgan fingerprint density at radius 1 is 0.894 bits per heavy atom. The summed E-state index contributed by atoms with van der Waals surface area (Å²) in [5.41, 5.74) is 3.11. The fourth-order valence-electron chi connectivity index (χ4n) is 7.90. The Bertz CT molecular complexity index is 1080. The summed E-state index contributed by atoms with van der Waals surface area (Å²) >= 11 is 0. The number of hydrogen-bond acceptors (Lipinski definition) is 5. The summed E-state index contributed by atoms with van der Waals surface area (Å²) in [6, 6.07) is 0. The summed E-state index contributed by atoms with van der Waals surface area (Å²) in [4.78, 5) is 0. The molecule has 7 heteroatoms. The standard InChI is InChI=1S/C40H74O5Si2/c1-29(18-16-24-39(8,9)43-28-42-11)32-22-23-33-31(19-17-25-40(32,33)10)21-20-30-26-34(44-46(12,13)37(2,3)4)36(41)35(27-30)45-47(14,15)38(5,6)7/h16,18,20-21,29,32-36,41H,17,19,22-28H2,1-15H3/b18-16+,30-20?,31-21+/t29-,32?,33?,34-,35+,36?,40?/m1/s1. The Labute approximate surface area is 292 Å². The maximum Gasteiger partial charge on any atom is 0.192 e. The smallest absolute Gasteiger partial charge is 0.192 e. The summed E-state index contributed by atoms with van der Waals surface area (Å²) in [5.74, 6) is 1.88. The third kappa shape index (κ3) is 10.0. The molecule has 0 aromatic rings. The van der Waals surface area contributed by atoms with Crippen molar-refractivity contribution in [1.82, 2.24) is 0 Å². The molecule has 0 bridgehead atoms. The molecule has 7 atom stereocenters. The molecule has 0 radical (unpaired) electrons. The first kappa shape index (κ1) is 40.9. The Balaban J connectivity index is 1.83. The SMILES string of the molecule is COCOC(C)(C)C/C=C/[C@@H](C)C1CCC2/C(=C/C=C3C[C@H](O[Si](C)(C)C(C)(C)C)C(O)[C@H](O[Si](C)(C)C(C)(C)C)C3)CCCC21C. The van der Waals surface area contributed by atoms with Gasteiger partial charge in [-0.1, -0.05) is 90.8 Å². The number of hydrogen-bond donors (Lipinski definition) is 1. The maximum absolute atomic E-state index is 11.7. The summed E-state index contributed by atoms with van der Waals surface area (Å²) in [7, 11) is -2.49. The highest BCUT2D eigenvalue weighted by Crippen LogP contribution is 2.59. The van der Waals surface area contributed by atoms with E-state index in [9.17, 15) is 5.11 Å². The number of methoxy groups -OCH3 is 1. The molecule has 3 saturated carbocycles. The number of aliphatic hydroxyl groups excluding tert-OH is 1. The lowest BCUT2D eigenvalue weighted by molar-refractivity contribution is -0.112. The topological polar surface area (TPSA) is 57.2 Å². The number of ether oxygens (including phenoxy) is 2. The van der Waals surface area contributed by atoms with Gasteiger partial charge in [-0.05, 0) is 125 Å². The lowest BCUT2D eigenvalue weighted by Gasteiger charge is -2.47. The first-order valence-electron chi connectivity index (χ1n) is 18.7. The van der Waals surface area contributed by atoms with Gasteiger partial charge in [0.05, 0.1) is 17.8 Å². The third-order valence-corrected chi connectivity index (χ3v) is 22.0. The molecule has 4 unspecified atom stereocenters. The van der Waals surface area contributed by atoms with Crippen LogP contribution in [0.25, 0.3) is 0 Å². The molecule has 1 N–H and O–H groups in total. The maximum atomic E-state index is 11.7. The molecule has 0 aliphatic heterocycles. The minimum Gasteiger partial charge on any atom is -0.411 e. The van der Waals surface area contributed by atoms with E-state index in [-0.39, 0.29) is 27.9 Å². The van der Waals surface area contributed by atoms with Gasteiger partial charge < -0.3 is 23.4 Å². The van der Waals surface area contributed by atoms with Crippen molar-refractivity contribution in [2.75, 3.05) is 13.9 Å². The van der Waals surface area contributed by atoms with Crippen LogP contribution in [0.1, 0.15) is 121 Å². The average molecular weight is 691 g/mol. The molecular formula is C40H74O5Si2. The Kier molecular flexibility index (Phi) is 13.4. The van der Waals surface area contributed by atoms with E-state index in [4.69, 9.17) is 18.3 Å². The third-order valence-electron chi connectivity index (χ3n) is 13.0. The molecule has 272 valence electrons. The van der Waals surface area contributed by atoms with E-state index in [2.05, 4.69) is 120 Å². The minimum absolute atomic E-state index is 0.0810. The normalized spacial score (nSPS) is 32.4. The van der Waals surface area contributed by atoms with E-state index >= 15 is 0 Å². The lowest BCUT2D eigenvalue weighted by atomic mass is 9.61. The molecule has 0 saturated heterocycles. The molecule has 0 heterocycles. The van der Waals surface area contributed by atoms with Crippen LogP contribution in [0.4, 0.5) is 0 Å². The van der Waals surface area contributed by atoms with Gasteiger partial charge in [-0.3, -0.25) is 0 Å². The van der Waals surface area contributed by atoms with E-state index in [0.717, 1.165) is 19.3 Å². The predicted octanol–water partition coefficient (Wildman–Crippen LogP) is 11.0. The van der Waals surface area contributed by atoms with Crippen LogP contribution in [0.3, 0.4) is 0 Å². The molecule has 3 aliphatic rings. The van der Waals surface area contributed by atoms with Crippen LogP contribution in [-0.4, -0.2) is 59.6 Å². The highest BCUT2D eigenvalue weighted by atomic mass is 28.4. The Morgan fingerprint density at radius 3 is 1.96 bits per heavy atom. The zero-order valence-corrected chi connectivity index (χ0v) is 35.2. The van der Waals surface area contributed by atoms with Crippen LogP contribution >= 0.6 is 0 Å². The highest BCUT2D eigenvalue weighted by Gasteiger charge is 2.51. The van der Waals surface area contributed by atoms with Gasteiger partial charge in [0.15, 0.2) is 16.6 Å². The molecule has 3 fully saturated rings. The molecule has 0 spiro atoms. The number of fused-ring (bicyclic) bond motifs is 1. The number of allylic oxidation sites excluding steroid dienone is 4. The predicted molar refractivity (Wildman–Crippen MR) is 204 cm³/mol. The molecule has 0 aromatic heterocycles. The second kappa shape index (κ2) is 15.4. The fraction of sp³-hybridized carbons (Fsp3) is 0.850. The summed E-state index contributed by atoms with van der Waals surface area (Å²) in [6.07, 6.45) is 17.4. The second-order valence-corrected chi connectivity index (χ2v) is 28.7. The quantitative estimate of drug-likeness (QED) is 0.125. The van der Waals surface area contributed by atoms with Crippen LogP contribution < -0.4 is 0 Å². The minimum atomic E-state index is -2.08. The number of aliphatic hydroxyl groups is 1. The van der Waals surface area contributed by atoms with E-state index in [1.807, 2.05) is 0 Å². The molecule has 3 rings (SSSR count). The zero-order valence-electron chi connectivity index (χ0n) is 33.2. The fourth-order valence-corrected chi connectivity index (χ4v) is 10.6. The van der Waals surface area contributed by atoms with Gasteiger partial charge >= 0.3 is 0 Å². The van der Waals surface area contributed by atoms with E-state index < -0.39 is 22.7 Å². The van der Waals surface area contributed by atoms with Gasteiger partial charge in [0.2, 0.25) is 0 Å². The van der Waals surface area contributed by atoms with Gasteiger partial charge in [-0.15, -0.1) is 0 Å². The van der Waals surface area contributed by atoms with Gasteiger partial charge in [-0.25, -0.2) is 0 Å². The summed E-state index contributed by atoms with van der Waals surface area (Å²) in [5, 5.41) is 11.9. The van der Waals surface area contributed by atoms with Gasteiger partial charge in [0.25, 0.3) is 0 Å². The first-order chi connectivity index (χ1) is 21.4. The van der Waals surface area contributed by atoms with Crippen molar-refractivity contribution in [2.24, 2.45) is 23.2 Å². The lowest BCUT2D eigenvalue weighted by Crippen LogP contribution is -2.55. The average Bonchev–Trinajstić information content (AvgIpc) is 3.29. The Morgan fingerprint density at radius 2 is 1.45 bits per heavy atom. The summed E-state index contributed by atoms with van der Waals surface area (Å²) in [6.45, 7) is 32.5. The Hall–Kier alpha value is -0.546. The van der Waals surface area contributed by atoms with Crippen LogP contribution in [0.2, 0.25) is 36.3 Å². The van der Waals surface area contributed by atoms with Crippen molar-refractivity contribution < 1.29 is 23.4 Å². The van der Waals surface area contributed by atoms with Gasteiger partial charge in [0, 0.05) is 7.11 Å². The number of rotatable bonds is 12.